The van der Waals surface area contributed by atoms with E-state index in [0.29, 0.717) is 24.7 Å². The molecule has 0 N–H and O–H groups in total. The van der Waals surface area contributed by atoms with Crippen molar-refractivity contribution in [2.24, 2.45) is 0 Å². The fraction of sp³-hybridized carbons (Fsp3) is 0.375. The van der Waals surface area contributed by atoms with E-state index in [0.717, 1.165) is 10.8 Å². The number of nitrogens with zero attached hydrogens (tertiary/aromatic N) is 1. The smallest absolute Gasteiger partial charge is 0.244 e. The largest absolute Gasteiger partial charge is 0.378 e. The van der Waals surface area contributed by atoms with E-state index in [2.05, 4.69) is 0 Å². The lowest BCUT2D eigenvalue weighted by Crippen LogP contribution is -2.55. The zero-order valence-corrected chi connectivity index (χ0v) is 13.1. The van der Waals surface area contributed by atoms with Gasteiger partial charge in [0.25, 0.3) is 0 Å². The van der Waals surface area contributed by atoms with Crippen LogP contribution in [0.2, 0.25) is 0 Å². The summed E-state index contributed by atoms with van der Waals surface area (Å²) in [7, 11) is -3.54. The highest BCUT2D eigenvalue weighted by Crippen LogP contribution is 2.31. The van der Waals surface area contributed by atoms with Crippen molar-refractivity contribution in [2.75, 3.05) is 19.8 Å². The molecule has 0 bridgehead atoms. The minimum absolute atomic E-state index is 0.371. The summed E-state index contributed by atoms with van der Waals surface area (Å²) >= 11 is 0. The summed E-state index contributed by atoms with van der Waals surface area (Å²) in [5.41, 5.74) is -0.534. The summed E-state index contributed by atoms with van der Waals surface area (Å²) in [5.74, 6) is 0. The van der Waals surface area contributed by atoms with Crippen LogP contribution in [0.1, 0.15) is 13.8 Å². The first-order valence-electron chi connectivity index (χ1n) is 7.01. The van der Waals surface area contributed by atoms with Gasteiger partial charge in [0.1, 0.15) is 0 Å². The molecule has 0 amide bonds. The van der Waals surface area contributed by atoms with Crippen molar-refractivity contribution in [1.82, 2.24) is 4.31 Å². The topological polar surface area (TPSA) is 46.6 Å². The molecule has 0 aliphatic carbocycles. The molecule has 1 fully saturated rings. The Labute approximate surface area is 125 Å². The summed E-state index contributed by atoms with van der Waals surface area (Å²) in [6.45, 7) is 5.03. The third kappa shape index (κ3) is 2.46. The third-order valence-corrected chi connectivity index (χ3v) is 6.06. The van der Waals surface area contributed by atoms with Gasteiger partial charge < -0.3 is 4.74 Å². The first-order valence-corrected chi connectivity index (χ1v) is 8.45. The molecule has 1 heterocycles. The number of ether oxygens (including phenoxy) is 1. The van der Waals surface area contributed by atoms with Gasteiger partial charge in [-0.15, -0.1) is 0 Å². The Morgan fingerprint density at radius 1 is 1.10 bits per heavy atom. The predicted octanol–water partition coefficient (Wildman–Crippen LogP) is 2.64. The Hall–Kier alpha value is -1.43. The molecule has 1 saturated heterocycles. The Morgan fingerprint density at radius 2 is 1.81 bits per heavy atom. The van der Waals surface area contributed by atoms with Crippen LogP contribution in [0.5, 0.6) is 0 Å². The van der Waals surface area contributed by atoms with Crippen LogP contribution in [-0.4, -0.2) is 38.0 Å². The molecule has 0 saturated carbocycles. The van der Waals surface area contributed by atoms with Crippen molar-refractivity contribution in [1.29, 1.82) is 0 Å². The van der Waals surface area contributed by atoms with E-state index in [1.54, 1.807) is 16.4 Å². The van der Waals surface area contributed by atoms with E-state index in [9.17, 15) is 8.42 Å². The molecule has 0 atom stereocenters. The maximum atomic E-state index is 13.1. The van der Waals surface area contributed by atoms with Gasteiger partial charge in [0.2, 0.25) is 10.0 Å². The zero-order chi connectivity index (χ0) is 15.1. The molecule has 2 aromatic carbocycles. The monoisotopic (exact) mass is 305 g/mol. The number of hydrogen-bond donors (Lipinski definition) is 0. The van der Waals surface area contributed by atoms with Gasteiger partial charge in [-0.05, 0) is 25.3 Å². The number of sulfonamides is 1. The second-order valence-electron chi connectivity index (χ2n) is 5.92. The molecule has 1 aliphatic heterocycles. The molecule has 3 rings (SSSR count). The van der Waals surface area contributed by atoms with E-state index in [-0.39, 0.29) is 0 Å². The van der Waals surface area contributed by atoms with E-state index in [1.165, 1.54) is 0 Å². The van der Waals surface area contributed by atoms with Crippen LogP contribution < -0.4 is 0 Å². The first-order chi connectivity index (χ1) is 9.93. The van der Waals surface area contributed by atoms with Crippen LogP contribution in [0.3, 0.4) is 0 Å². The van der Waals surface area contributed by atoms with Crippen LogP contribution in [0.4, 0.5) is 0 Å². The predicted molar refractivity (Wildman–Crippen MR) is 82.7 cm³/mol. The molecule has 112 valence electrons. The summed E-state index contributed by atoms with van der Waals surface area (Å²) in [6, 6.07) is 13.0. The standard InChI is InChI=1S/C16H19NO3S/c1-16(2)12-20-11-10-17(16)21(18,19)15-9-5-7-13-6-3-4-8-14(13)15/h3-9H,10-12H2,1-2H3. The number of benzene rings is 2. The summed E-state index contributed by atoms with van der Waals surface area (Å²) in [6.07, 6.45) is 0. The Morgan fingerprint density at radius 3 is 2.57 bits per heavy atom. The molecule has 0 radical (unpaired) electrons. The van der Waals surface area contributed by atoms with Gasteiger partial charge in [-0.25, -0.2) is 8.42 Å². The lowest BCUT2D eigenvalue weighted by molar-refractivity contribution is -0.00767. The van der Waals surface area contributed by atoms with Crippen molar-refractivity contribution in [2.45, 2.75) is 24.3 Å². The van der Waals surface area contributed by atoms with Crippen molar-refractivity contribution >= 4 is 20.8 Å². The van der Waals surface area contributed by atoms with E-state index in [4.69, 9.17) is 4.74 Å². The zero-order valence-electron chi connectivity index (χ0n) is 12.2. The highest BCUT2D eigenvalue weighted by molar-refractivity contribution is 7.89. The third-order valence-electron chi connectivity index (χ3n) is 3.89. The number of morpholine rings is 1. The first kappa shape index (κ1) is 14.5. The van der Waals surface area contributed by atoms with E-state index in [1.807, 2.05) is 44.2 Å². The maximum absolute atomic E-state index is 13.1. The molecular weight excluding hydrogens is 286 g/mol. The van der Waals surface area contributed by atoms with Crippen molar-refractivity contribution in [3.8, 4) is 0 Å². The second kappa shape index (κ2) is 5.09. The quantitative estimate of drug-likeness (QED) is 0.857. The normalized spacial score (nSPS) is 19.7. The highest BCUT2D eigenvalue weighted by atomic mass is 32.2. The van der Waals surface area contributed by atoms with E-state index >= 15 is 0 Å². The molecule has 5 heteroatoms. The lowest BCUT2D eigenvalue weighted by atomic mass is 10.1. The highest BCUT2D eigenvalue weighted by Gasteiger charge is 2.40. The maximum Gasteiger partial charge on any atom is 0.244 e. The minimum Gasteiger partial charge on any atom is -0.378 e. The molecule has 21 heavy (non-hydrogen) atoms. The molecule has 0 aromatic heterocycles. The molecule has 4 nitrogen and oxygen atoms in total. The molecular formula is C16H19NO3S. The van der Waals surface area contributed by atoms with Gasteiger partial charge in [0.15, 0.2) is 0 Å². The number of hydrogen-bond acceptors (Lipinski definition) is 3. The average Bonchev–Trinajstić information content (AvgIpc) is 2.46. The van der Waals surface area contributed by atoms with Gasteiger partial charge >= 0.3 is 0 Å². The van der Waals surface area contributed by atoms with Gasteiger partial charge in [-0.3, -0.25) is 0 Å². The molecule has 2 aromatic rings. The van der Waals surface area contributed by atoms with Crippen molar-refractivity contribution in [3.05, 3.63) is 42.5 Å². The van der Waals surface area contributed by atoms with E-state index < -0.39 is 15.6 Å². The van der Waals surface area contributed by atoms with Gasteiger partial charge in [0.05, 0.1) is 23.6 Å². The number of rotatable bonds is 2. The van der Waals surface area contributed by atoms with Crippen molar-refractivity contribution < 1.29 is 13.2 Å². The lowest BCUT2D eigenvalue weighted by Gasteiger charge is -2.40. The second-order valence-corrected chi connectivity index (χ2v) is 7.75. The summed E-state index contributed by atoms with van der Waals surface area (Å²) in [5, 5.41) is 1.70. The van der Waals surface area contributed by atoms with Crippen molar-refractivity contribution in [3.63, 3.8) is 0 Å². The van der Waals surface area contributed by atoms with Gasteiger partial charge in [-0.2, -0.15) is 4.31 Å². The van der Waals surface area contributed by atoms with Crippen LogP contribution in [-0.2, 0) is 14.8 Å². The molecule has 0 unspecified atom stereocenters. The van der Waals surface area contributed by atoms with Crippen LogP contribution in [0.15, 0.2) is 47.4 Å². The number of fused-ring (bicyclic) bond motifs is 1. The fourth-order valence-corrected chi connectivity index (χ4v) is 4.80. The Bertz CT molecular complexity index is 763. The minimum atomic E-state index is -3.54. The summed E-state index contributed by atoms with van der Waals surface area (Å²) in [4.78, 5) is 0.371. The van der Waals surface area contributed by atoms with Crippen LogP contribution in [0.25, 0.3) is 10.8 Å². The fourth-order valence-electron chi connectivity index (χ4n) is 2.83. The van der Waals surface area contributed by atoms with Crippen LogP contribution in [0, 0.1) is 0 Å². The molecule has 0 spiro atoms. The average molecular weight is 305 g/mol. The Kier molecular flexibility index (Phi) is 3.51. The molecule has 1 aliphatic rings. The van der Waals surface area contributed by atoms with Gasteiger partial charge in [0, 0.05) is 11.9 Å². The SMILES string of the molecule is CC1(C)COCCN1S(=O)(=O)c1cccc2ccccc12. The summed E-state index contributed by atoms with van der Waals surface area (Å²) < 4.78 is 33.2. The van der Waals surface area contributed by atoms with Crippen LogP contribution >= 0.6 is 0 Å². The Balaban J connectivity index is 2.17. The van der Waals surface area contributed by atoms with Gasteiger partial charge in [-0.1, -0.05) is 36.4 Å².